The fourth-order valence-electron chi connectivity index (χ4n) is 5.48. The van der Waals surface area contributed by atoms with Crippen molar-refractivity contribution in [1.29, 1.82) is 0 Å². The van der Waals surface area contributed by atoms with Crippen molar-refractivity contribution >= 4 is 40.4 Å². The van der Waals surface area contributed by atoms with Crippen LogP contribution in [0.1, 0.15) is 70.8 Å². The minimum absolute atomic E-state index is 0.00486. The van der Waals surface area contributed by atoms with Crippen LogP contribution >= 0.6 is 11.6 Å². The normalized spacial score (nSPS) is 18.7. The Morgan fingerprint density at radius 1 is 1.05 bits per heavy atom. The fourth-order valence-corrected chi connectivity index (χ4v) is 5.65. The molecule has 0 bridgehead atoms. The molecule has 37 heavy (non-hydrogen) atoms. The molecule has 3 amide bonds. The number of aryl methyl sites for hydroxylation is 1. The van der Waals surface area contributed by atoms with Gasteiger partial charge in [-0.3, -0.25) is 14.4 Å². The van der Waals surface area contributed by atoms with E-state index >= 15 is 0 Å². The number of nitrogens with zero attached hydrogens (tertiary/aromatic N) is 3. The van der Waals surface area contributed by atoms with Crippen molar-refractivity contribution in [3.05, 3.63) is 63.9 Å². The maximum absolute atomic E-state index is 13.5. The molecule has 5 rings (SSSR count). The minimum atomic E-state index is -0.424. The lowest BCUT2D eigenvalue weighted by Gasteiger charge is -2.36. The third kappa shape index (κ3) is 5.34. The summed E-state index contributed by atoms with van der Waals surface area (Å²) in [5, 5.41) is 3.77. The number of rotatable bonds is 5. The molecule has 2 aliphatic rings. The first kappa shape index (κ1) is 25.3. The average molecular weight is 522 g/mol. The molecule has 2 fully saturated rings. The van der Waals surface area contributed by atoms with Crippen molar-refractivity contribution in [3.8, 4) is 0 Å². The smallest absolute Gasteiger partial charge is 0.254 e. The van der Waals surface area contributed by atoms with E-state index in [-0.39, 0.29) is 23.6 Å². The predicted molar refractivity (Wildman–Crippen MR) is 143 cm³/mol. The molecule has 2 unspecified atom stereocenters. The van der Waals surface area contributed by atoms with Gasteiger partial charge in [-0.2, -0.15) is 0 Å². The van der Waals surface area contributed by atoms with Gasteiger partial charge in [0.05, 0.1) is 17.1 Å². The quantitative estimate of drug-likeness (QED) is 0.517. The Balaban J connectivity index is 1.42. The number of nitrogens with one attached hydrogen (secondary N) is 2. The largest absolute Gasteiger partial charge is 0.343 e. The number of halogens is 1. The molecule has 0 saturated carbocycles. The highest BCUT2D eigenvalue weighted by Gasteiger charge is 2.33. The van der Waals surface area contributed by atoms with Crippen LogP contribution in [0.3, 0.4) is 0 Å². The lowest BCUT2D eigenvalue weighted by atomic mass is 9.89. The maximum Gasteiger partial charge on any atom is 0.254 e. The number of benzene rings is 2. The van der Waals surface area contributed by atoms with E-state index in [2.05, 4.69) is 10.3 Å². The van der Waals surface area contributed by atoms with Gasteiger partial charge in [0.1, 0.15) is 5.82 Å². The number of H-pyrrole nitrogens is 1. The van der Waals surface area contributed by atoms with Crippen molar-refractivity contribution in [2.75, 3.05) is 26.2 Å². The number of fused-ring (bicyclic) bond motifs is 1. The van der Waals surface area contributed by atoms with Gasteiger partial charge in [0.25, 0.3) is 11.8 Å². The number of likely N-dealkylation sites (tertiary alicyclic amines) is 2. The van der Waals surface area contributed by atoms with E-state index in [0.29, 0.717) is 35.1 Å². The number of hydrogen-bond donors (Lipinski definition) is 2. The van der Waals surface area contributed by atoms with Crippen LogP contribution in [0, 0.1) is 12.8 Å². The zero-order valence-electron chi connectivity index (χ0n) is 21.2. The summed E-state index contributed by atoms with van der Waals surface area (Å²) in [6.45, 7) is 6.26. The number of amides is 3. The van der Waals surface area contributed by atoms with E-state index in [0.717, 1.165) is 55.4 Å². The van der Waals surface area contributed by atoms with Gasteiger partial charge < -0.3 is 20.1 Å². The first-order valence-corrected chi connectivity index (χ1v) is 13.3. The number of carbonyl (C=O) groups is 3. The van der Waals surface area contributed by atoms with Gasteiger partial charge in [-0.15, -0.1) is 0 Å². The third-order valence-electron chi connectivity index (χ3n) is 7.53. The van der Waals surface area contributed by atoms with Gasteiger partial charge in [-0.25, -0.2) is 4.98 Å². The van der Waals surface area contributed by atoms with E-state index < -0.39 is 6.04 Å². The van der Waals surface area contributed by atoms with Crippen LogP contribution < -0.4 is 5.32 Å². The summed E-state index contributed by atoms with van der Waals surface area (Å²) < 4.78 is 0. The summed E-state index contributed by atoms with van der Waals surface area (Å²) in [5.74, 6) is 0.437. The predicted octanol–water partition coefficient (Wildman–Crippen LogP) is 4.49. The molecule has 3 aromatic rings. The molecule has 3 heterocycles. The molecule has 8 nitrogen and oxygen atoms in total. The Morgan fingerprint density at radius 3 is 2.54 bits per heavy atom. The van der Waals surface area contributed by atoms with Crippen LogP contribution in [0.25, 0.3) is 11.0 Å². The van der Waals surface area contributed by atoms with E-state index in [1.807, 2.05) is 22.8 Å². The maximum atomic E-state index is 13.5. The van der Waals surface area contributed by atoms with Crippen molar-refractivity contribution in [1.82, 2.24) is 25.1 Å². The molecule has 0 radical (unpaired) electrons. The van der Waals surface area contributed by atoms with Gasteiger partial charge in [-0.05, 0) is 74.6 Å². The zero-order valence-corrected chi connectivity index (χ0v) is 22.0. The third-order valence-corrected chi connectivity index (χ3v) is 7.77. The Hall–Kier alpha value is -3.39. The fraction of sp³-hybridized carbons (Fsp3) is 0.429. The first-order chi connectivity index (χ1) is 17.8. The summed E-state index contributed by atoms with van der Waals surface area (Å²) >= 11 is 6.17. The Kier molecular flexibility index (Phi) is 7.20. The highest BCUT2D eigenvalue weighted by Crippen LogP contribution is 2.31. The molecule has 0 spiro atoms. The number of aromatic amines is 1. The molecular weight excluding hydrogens is 490 g/mol. The summed E-state index contributed by atoms with van der Waals surface area (Å²) in [5.41, 5.74) is 3.45. The number of hydrogen-bond acceptors (Lipinski definition) is 4. The lowest BCUT2D eigenvalue weighted by molar-refractivity contribution is -0.130. The molecule has 0 aliphatic carbocycles. The van der Waals surface area contributed by atoms with Crippen LogP contribution in [0.5, 0.6) is 0 Å². The second kappa shape index (κ2) is 10.5. The SMILES string of the molecule is CC(=O)N1CCCC(C(NC(=O)c2ccc(C(=O)N3CCCC3)c(C)c2)c2nc3cc(Cl)ccc3[nH]2)C1. The van der Waals surface area contributed by atoms with Gasteiger partial charge in [-0.1, -0.05) is 11.6 Å². The summed E-state index contributed by atoms with van der Waals surface area (Å²) in [6, 6.07) is 10.3. The van der Waals surface area contributed by atoms with Crippen molar-refractivity contribution in [3.63, 3.8) is 0 Å². The van der Waals surface area contributed by atoms with Crippen LogP contribution in [-0.4, -0.2) is 63.7 Å². The second-order valence-electron chi connectivity index (χ2n) is 10.1. The molecule has 1 aromatic heterocycles. The Bertz CT molecular complexity index is 1350. The van der Waals surface area contributed by atoms with Crippen molar-refractivity contribution in [2.24, 2.45) is 5.92 Å². The van der Waals surface area contributed by atoms with Crippen LogP contribution in [0.2, 0.25) is 5.02 Å². The molecule has 2 saturated heterocycles. The molecule has 194 valence electrons. The standard InChI is InChI=1S/C28H32ClN5O3/c1-17-14-19(7-9-22(17)28(37)33-11-3-4-12-33)27(36)32-25(20-6-5-13-34(16-20)18(2)35)26-30-23-10-8-21(29)15-24(23)31-26/h7-10,14-15,20,25H,3-6,11-13,16H2,1-2H3,(H,30,31)(H,32,36). The summed E-state index contributed by atoms with van der Waals surface area (Å²) in [4.78, 5) is 50.3. The van der Waals surface area contributed by atoms with E-state index in [9.17, 15) is 14.4 Å². The van der Waals surface area contributed by atoms with Gasteiger partial charge in [0.2, 0.25) is 5.91 Å². The van der Waals surface area contributed by atoms with Crippen LogP contribution in [0.15, 0.2) is 36.4 Å². The number of aromatic nitrogens is 2. The van der Waals surface area contributed by atoms with Gasteiger partial charge in [0.15, 0.2) is 0 Å². The molecular formula is C28H32ClN5O3. The molecule has 2 aromatic carbocycles. The second-order valence-corrected chi connectivity index (χ2v) is 10.6. The monoisotopic (exact) mass is 521 g/mol. The molecule has 2 aliphatic heterocycles. The Morgan fingerprint density at radius 2 is 1.81 bits per heavy atom. The van der Waals surface area contributed by atoms with Crippen LogP contribution in [0.4, 0.5) is 0 Å². The number of carbonyl (C=O) groups excluding carboxylic acids is 3. The van der Waals surface area contributed by atoms with E-state index in [1.165, 1.54) is 0 Å². The van der Waals surface area contributed by atoms with Crippen molar-refractivity contribution < 1.29 is 14.4 Å². The van der Waals surface area contributed by atoms with Gasteiger partial charge in [0, 0.05) is 55.2 Å². The molecule has 9 heteroatoms. The zero-order chi connectivity index (χ0) is 26.1. The lowest BCUT2D eigenvalue weighted by Crippen LogP contribution is -2.45. The first-order valence-electron chi connectivity index (χ1n) is 12.9. The summed E-state index contributed by atoms with van der Waals surface area (Å²) in [6.07, 6.45) is 3.77. The van der Waals surface area contributed by atoms with Crippen molar-refractivity contribution in [2.45, 2.75) is 45.6 Å². The minimum Gasteiger partial charge on any atom is -0.343 e. The number of imidazole rings is 1. The highest BCUT2D eigenvalue weighted by atomic mass is 35.5. The average Bonchev–Trinajstić information content (AvgIpc) is 3.57. The van der Waals surface area contributed by atoms with E-state index in [1.54, 1.807) is 37.3 Å². The van der Waals surface area contributed by atoms with E-state index in [4.69, 9.17) is 16.6 Å². The molecule has 2 atom stereocenters. The topological polar surface area (TPSA) is 98.4 Å². The highest BCUT2D eigenvalue weighted by molar-refractivity contribution is 6.31. The van der Waals surface area contributed by atoms with Gasteiger partial charge >= 0.3 is 0 Å². The van der Waals surface area contributed by atoms with Crippen LogP contribution in [-0.2, 0) is 4.79 Å². The summed E-state index contributed by atoms with van der Waals surface area (Å²) in [7, 11) is 0. The molecule has 2 N–H and O–H groups in total. The Labute approximate surface area is 221 Å². The number of piperidine rings is 1.